The van der Waals surface area contributed by atoms with E-state index in [-0.39, 0.29) is 0 Å². The Bertz CT molecular complexity index is 480. The zero-order valence-electron chi connectivity index (χ0n) is 11.2. The minimum Gasteiger partial charge on any atom is -0.380 e. The van der Waals surface area contributed by atoms with Crippen LogP contribution in [0.25, 0.3) is 10.1 Å². The van der Waals surface area contributed by atoms with Crippen molar-refractivity contribution in [3.63, 3.8) is 0 Å². The van der Waals surface area contributed by atoms with Gasteiger partial charge < -0.3 is 9.64 Å². The monoisotopic (exact) mass is 263 g/mol. The van der Waals surface area contributed by atoms with Gasteiger partial charge in [0.15, 0.2) is 0 Å². The van der Waals surface area contributed by atoms with E-state index in [1.165, 1.54) is 15.6 Å². The molecule has 0 radical (unpaired) electrons. The number of benzene rings is 1. The van der Waals surface area contributed by atoms with E-state index >= 15 is 0 Å². The molecule has 2 aromatic rings. The third-order valence-corrected chi connectivity index (χ3v) is 4.11. The molecule has 18 heavy (non-hydrogen) atoms. The summed E-state index contributed by atoms with van der Waals surface area (Å²) in [7, 11) is 2.12. The van der Waals surface area contributed by atoms with Crippen molar-refractivity contribution in [1.29, 1.82) is 0 Å². The van der Waals surface area contributed by atoms with E-state index in [9.17, 15) is 0 Å². The van der Waals surface area contributed by atoms with Crippen molar-refractivity contribution < 1.29 is 4.74 Å². The zero-order valence-corrected chi connectivity index (χ0v) is 12.0. The molecule has 0 amide bonds. The fourth-order valence-electron chi connectivity index (χ4n) is 1.84. The zero-order chi connectivity index (χ0) is 12.8. The molecule has 0 aliphatic carbocycles. The summed E-state index contributed by atoms with van der Waals surface area (Å²) in [6.07, 6.45) is 1.00. The molecule has 0 aliphatic rings. The lowest BCUT2D eigenvalue weighted by molar-refractivity contribution is 0.115. The number of thiophene rings is 1. The standard InChI is InChI=1S/C15H21NOS/c1-3-16(2)8-10-17-9-6-13-4-5-15-14(12-13)7-11-18-15/h4-5,7,11-12H,3,6,8-10H2,1-2H3. The average Bonchev–Trinajstić information content (AvgIpc) is 2.85. The van der Waals surface area contributed by atoms with Crippen LogP contribution in [0, 0.1) is 0 Å². The smallest absolute Gasteiger partial charge is 0.0593 e. The van der Waals surface area contributed by atoms with Crippen molar-refractivity contribution in [2.24, 2.45) is 0 Å². The van der Waals surface area contributed by atoms with E-state index in [0.717, 1.165) is 32.7 Å². The third kappa shape index (κ3) is 3.80. The van der Waals surface area contributed by atoms with Gasteiger partial charge in [0.25, 0.3) is 0 Å². The first-order valence-electron chi connectivity index (χ1n) is 6.52. The Hall–Kier alpha value is -0.900. The number of rotatable bonds is 7. The summed E-state index contributed by atoms with van der Waals surface area (Å²) in [6.45, 7) is 5.90. The molecule has 0 saturated heterocycles. The highest BCUT2D eigenvalue weighted by atomic mass is 32.1. The quantitative estimate of drug-likeness (QED) is 0.710. The molecule has 0 N–H and O–H groups in total. The van der Waals surface area contributed by atoms with Gasteiger partial charge >= 0.3 is 0 Å². The first-order valence-corrected chi connectivity index (χ1v) is 7.40. The Labute approximate surface area is 113 Å². The van der Waals surface area contributed by atoms with Gasteiger partial charge in [-0.05, 0) is 48.5 Å². The molecule has 1 heterocycles. The number of likely N-dealkylation sites (N-methyl/N-ethyl adjacent to an activating group) is 1. The molecular weight excluding hydrogens is 242 g/mol. The van der Waals surface area contributed by atoms with Crippen LogP contribution >= 0.6 is 11.3 Å². The number of fused-ring (bicyclic) bond motifs is 1. The largest absolute Gasteiger partial charge is 0.380 e. The molecule has 98 valence electrons. The van der Waals surface area contributed by atoms with Crippen molar-refractivity contribution in [1.82, 2.24) is 4.90 Å². The Morgan fingerprint density at radius 1 is 1.22 bits per heavy atom. The molecule has 2 rings (SSSR count). The van der Waals surface area contributed by atoms with Crippen LogP contribution in [0.4, 0.5) is 0 Å². The summed E-state index contributed by atoms with van der Waals surface area (Å²) in [5.74, 6) is 0. The van der Waals surface area contributed by atoms with Crippen molar-refractivity contribution in [2.45, 2.75) is 13.3 Å². The van der Waals surface area contributed by atoms with Gasteiger partial charge in [0.05, 0.1) is 13.2 Å². The molecule has 3 heteroatoms. The van der Waals surface area contributed by atoms with Gasteiger partial charge in [0, 0.05) is 11.2 Å². The Morgan fingerprint density at radius 2 is 2.11 bits per heavy atom. The maximum Gasteiger partial charge on any atom is 0.0593 e. The predicted octanol–water partition coefficient (Wildman–Crippen LogP) is 3.41. The van der Waals surface area contributed by atoms with Crippen LogP contribution in [0.2, 0.25) is 0 Å². The lowest BCUT2D eigenvalue weighted by Crippen LogP contribution is -2.22. The maximum atomic E-state index is 5.66. The van der Waals surface area contributed by atoms with Crippen molar-refractivity contribution in [3.8, 4) is 0 Å². The highest BCUT2D eigenvalue weighted by Crippen LogP contribution is 2.21. The molecule has 0 spiro atoms. The van der Waals surface area contributed by atoms with Crippen LogP contribution in [0.15, 0.2) is 29.6 Å². The maximum absolute atomic E-state index is 5.66. The molecule has 0 atom stereocenters. The van der Waals surface area contributed by atoms with Gasteiger partial charge in [-0.25, -0.2) is 0 Å². The van der Waals surface area contributed by atoms with Gasteiger partial charge in [-0.2, -0.15) is 0 Å². The minimum absolute atomic E-state index is 0.813. The van der Waals surface area contributed by atoms with Crippen LogP contribution in [-0.2, 0) is 11.2 Å². The first-order chi connectivity index (χ1) is 8.79. The van der Waals surface area contributed by atoms with Crippen LogP contribution < -0.4 is 0 Å². The van der Waals surface area contributed by atoms with Crippen LogP contribution in [0.5, 0.6) is 0 Å². The minimum atomic E-state index is 0.813. The fraction of sp³-hybridized carbons (Fsp3) is 0.467. The summed E-state index contributed by atoms with van der Waals surface area (Å²) in [5.41, 5.74) is 1.37. The molecule has 0 bridgehead atoms. The number of hydrogen-bond donors (Lipinski definition) is 0. The number of hydrogen-bond acceptors (Lipinski definition) is 3. The lowest BCUT2D eigenvalue weighted by Gasteiger charge is -2.13. The van der Waals surface area contributed by atoms with E-state index in [2.05, 4.69) is 48.5 Å². The Morgan fingerprint density at radius 3 is 2.94 bits per heavy atom. The SMILES string of the molecule is CCN(C)CCOCCc1ccc2sccc2c1. The van der Waals surface area contributed by atoms with Crippen LogP contribution in [0.1, 0.15) is 12.5 Å². The van der Waals surface area contributed by atoms with Gasteiger partial charge in [-0.15, -0.1) is 11.3 Å². The second-order valence-corrected chi connectivity index (χ2v) is 5.50. The molecule has 0 aliphatic heterocycles. The molecule has 1 aromatic carbocycles. The van der Waals surface area contributed by atoms with Crippen LogP contribution in [0.3, 0.4) is 0 Å². The van der Waals surface area contributed by atoms with Gasteiger partial charge in [-0.3, -0.25) is 0 Å². The van der Waals surface area contributed by atoms with E-state index in [1.807, 2.05) is 0 Å². The van der Waals surface area contributed by atoms with E-state index in [1.54, 1.807) is 11.3 Å². The molecule has 0 fully saturated rings. The second-order valence-electron chi connectivity index (χ2n) is 4.55. The summed E-state index contributed by atoms with van der Waals surface area (Å²) >= 11 is 1.80. The van der Waals surface area contributed by atoms with Crippen LogP contribution in [-0.4, -0.2) is 38.3 Å². The topological polar surface area (TPSA) is 12.5 Å². The van der Waals surface area contributed by atoms with Crippen molar-refractivity contribution in [2.75, 3.05) is 33.4 Å². The van der Waals surface area contributed by atoms with E-state index in [0.29, 0.717) is 0 Å². The number of nitrogens with zero attached hydrogens (tertiary/aromatic N) is 1. The fourth-order valence-corrected chi connectivity index (χ4v) is 2.61. The van der Waals surface area contributed by atoms with Gasteiger partial charge in [-0.1, -0.05) is 19.1 Å². The van der Waals surface area contributed by atoms with Crippen molar-refractivity contribution in [3.05, 3.63) is 35.2 Å². The Kier molecular flexibility index (Phi) is 5.17. The molecule has 2 nitrogen and oxygen atoms in total. The lowest BCUT2D eigenvalue weighted by atomic mass is 10.1. The summed E-state index contributed by atoms with van der Waals surface area (Å²) in [4.78, 5) is 2.26. The van der Waals surface area contributed by atoms with Gasteiger partial charge in [0.2, 0.25) is 0 Å². The van der Waals surface area contributed by atoms with Gasteiger partial charge in [0.1, 0.15) is 0 Å². The third-order valence-electron chi connectivity index (χ3n) is 3.21. The molecule has 1 aromatic heterocycles. The second kappa shape index (κ2) is 6.88. The summed E-state index contributed by atoms with van der Waals surface area (Å²) < 4.78 is 7.03. The molecular formula is C15H21NOS. The van der Waals surface area contributed by atoms with Crippen molar-refractivity contribution >= 4 is 21.4 Å². The Balaban J connectivity index is 1.73. The normalized spacial score (nSPS) is 11.5. The summed E-state index contributed by atoms with van der Waals surface area (Å²) in [6, 6.07) is 8.87. The molecule has 0 unspecified atom stereocenters. The van der Waals surface area contributed by atoms with E-state index < -0.39 is 0 Å². The summed E-state index contributed by atoms with van der Waals surface area (Å²) in [5, 5.41) is 3.49. The number of ether oxygens (including phenoxy) is 1. The predicted molar refractivity (Wildman–Crippen MR) is 79.5 cm³/mol. The first kappa shape index (κ1) is 13.5. The van der Waals surface area contributed by atoms with E-state index in [4.69, 9.17) is 4.74 Å². The molecule has 0 saturated carbocycles. The highest BCUT2D eigenvalue weighted by Gasteiger charge is 1.99. The average molecular weight is 263 g/mol. The highest BCUT2D eigenvalue weighted by molar-refractivity contribution is 7.17.